The van der Waals surface area contributed by atoms with Gasteiger partial charge in [0.15, 0.2) is 0 Å². The van der Waals surface area contributed by atoms with E-state index < -0.39 is 6.03 Å². The van der Waals surface area contributed by atoms with Crippen molar-refractivity contribution in [3.63, 3.8) is 0 Å². The van der Waals surface area contributed by atoms with Crippen molar-refractivity contribution < 1.29 is 4.79 Å². The summed E-state index contributed by atoms with van der Waals surface area (Å²) in [4.78, 5) is 10.8. The number of anilines is 1. The summed E-state index contributed by atoms with van der Waals surface area (Å²) >= 11 is 3.54. The lowest BCUT2D eigenvalue weighted by atomic mass is 10.1. The molecule has 0 spiro atoms. The summed E-state index contributed by atoms with van der Waals surface area (Å²) in [5.74, 6) is 0. The van der Waals surface area contributed by atoms with Crippen LogP contribution in [0.5, 0.6) is 0 Å². The van der Waals surface area contributed by atoms with E-state index in [1.165, 1.54) is 5.56 Å². The number of hydrogen-bond acceptors (Lipinski definition) is 2. The summed E-state index contributed by atoms with van der Waals surface area (Å²) < 4.78 is 1.10. The van der Waals surface area contributed by atoms with Crippen molar-refractivity contribution in [2.24, 2.45) is 5.73 Å². The Labute approximate surface area is 132 Å². The number of primary amides is 1. The van der Waals surface area contributed by atoms with Crippen LogP contribution in [0.15, 0.2) is 53.0 Å². The average molecular weight is 348 g/mol. The minimum absolute atomic E-state index is 0.208. The predicted molar refractivity (Wildman–Crippen MR) is 89.0 cm³/mol. The van der Waals surface area contributed by atoms with Gasteiger partial charge in [0.05, 0.1) is 0 Å². The molecule has 5 heteroatoms. The Kier molecular flexibility index (Phi) is 5.36. The van der Waals surface area contributed by atoms with E-state index in [2.05, 4.69) is 39.6 Å². The maximum atomic E-state index is 10.8. The summed E-state index contributed by atoms with van der Waals surface area (Å²) in [6, 6.07) is 15.4. The zero-order valence-corrected chi connectivity index (χ0v) is 13.4. The van der Waals surface area contributed by atoms with Crippen LogP contribution < -0.4 is 16.4 Å². The molecular formula is C16H18BrN3O. The zero-order valence-electron chi connectivity index (χ0n) is 11.8. The minimum atomic E-state index is -0.553. The lowest BCUT2D eigenvalue weighted by Gasteiger charge is -2.15. The van der Waals surface area contributed by atoms with Gasteiger partial charge in [-0.05, 0) is 36.2 Å². The fourth-order valence-electron chi connectivity index (χ4n) is 2.02. The molecule has 0 aliphatic carbocycles. The first-order chi connectivity index (χ1) is 10.1. The molecule has 0 bridgehead atoms. The summed E-state index contributed by atoms with van der Waals surface area (Å²) in [6.07, 6.45) is 0. The Morgan fingerprint density at radius 1 is 1.19 bits per heavy atom. The van der Waals surface area contributed by atoms with Gasteiger partial charge in [-0.1, -0.05) is 46.3 Å². The van der Waals surface area contributed by atoms with Crippen LogP contribution in [-0.4, -0.2) is 6.03 Å². The number of nitrogens with one attached hydrogen (secondary N) is 2. The van der Waals surface area contributed by atoms with E-state index in [0.29, 0.717) is 5.69 Å². The Morgan fingerprint density at radius 2 is 1.86 bits per heavy atom. The first-order valence-corrected chi connectivity index (χ1v) is 7.49. The Bertz CT molecular complexity index is 613. The molecule has 1 unspecified atom stereocenters. The Balaban J connectivity index is 1.95. The standard InChI is InChI=1S/C16H18BrN3O/c1-11(19-10-13-4-2-3-5-15(13)17)12-6-8-14(9-7-12)20-16(18)21/h2-9,11,19H,10H2,1H3,(H3,18,20,21). The van der Waals surface area contributed by atoms with Crippen LogP contribution in [0, 0.1) is 0 Å². The molecule has 1 atom stereocenters. The molecule has 0 saturated carbocycles. The number of amides is 2. The molecule has 2 rings (SSSR count). The van der Waals surface area contributed by atoms with Crippen molar-refractivity contribution in [3.8, 4) is 0 Å². The van der Waals surface area contributed by atoms with Gasteiger partial charge in [-0.15, -0.1) is 0 Å². The van der Waals surface area contributed by atoms with E-state index in [-0.39, 0.29) is 6.04 Å². The number of halogens is 1. The average Bonchev–Trinajstić information content (AvgIpc) is 2.46. The van der Waals surface area contributed by atoms with Crippen molar-refractivity contribution in [2.75, 3.05) is 5.32 Å². The number of carbonyl (C=O) groups excluding carboxylic acids is 1. The summed E-state index contributed by atoms with van der Waals surface area (Å²) in [5.41, 5.74) is 8.15. The third-order valence-electron chi connectivity index (χ3n) is 3.23. The third-order valence-corrected chi connectivity index (χ3v) is 4.01. The second kappa shape index (κ2) is 7.24. The fraction of sp³-hybridized carbons (Fsp3) is 0.188. The van der Waals surface area contributed by atoms with Crippen molar-refractivity contribution >= 4 is 27.6 Å². The molecule has 2 amide bonds. The normalized spacial score (nSPS) is 11.9. The largest absolute Gasteiger partial charge is 0.351 e. The molecule has 4 N–H and O–H groups in total. The number of nitrogens with two attached hydrogens (primary N) is 1. The zero-order chi connectivity index (χ0) is 15.2. The van der Waals surface area contributed by atoms with E-state index in [9.17, 15) is 4.79 Å². The first-order valence-electron chi connectivity index (χ1n) is 6.69. The second-order valence-electron chi connectivity index (χ2n) is 4.81. The quantitative estimate of drug-likeness (QED) is 0.770. The molecule has 4 nitrogen and oxygen atoms in total. The van der Waals surface area contributed by atoms with E-state index in [1.54, 1.807) is 0 Å². The molecule has 0 heterocycles. The minimum Gasteiger partial charge on any atom is -0.351 e. The van der Waals surface area contributed by atoms with Gasteiger partial charge in [-0.3, -0.25) is 0 Å². The van der Waals surface area contributed by atoms with Crippen LogP contribution in [0.1, 0.15) is 24.1 Å². The van der Waals surface area contributed by atoms with Crippen LogP contribution in [0.2, 0.25) is 0 Å². The molecule has 2 aromatic rings. The van der Waals surface area contributed by atoms with Gasteiger partial charge in [0.25, 0.3) is 0 Å². The predicted octanol–water partition coefficient (Wildman–Crippen LogP) is 3.79. The molecular weight excluding hydrogens is 330 g/mol. The first kappa shape index (κ1) is 15.5. The highest BCUT2D eigenvalue weighted by Crippen LogP contribution is 2.19. The number of carbonyl (C=O) groups is 1. The lowest BCUT2D eigenvalue weighted by Crippen LogP contribution is -2.20. The van der Waals surface area contributed by atoms with Crippen molar-refractivity contribution in [2.45, 2.75) is 19.5 Å². The highest BCUT2D eigenvalue weighted by Gasteiger charge is 2.06. The van der Waals surface area contributed by atoms with E-state index in [1.807, 2.05) is 42.5 Å². The van der Waals surface area contributed by atoms with E-state index >= 15 is 0 Å². The van der Waals surface area contributed by atoms with Crippen LogP contribution in [-0.2, 0) is 6.54 Å². The van der Waals surface area contributed by atoms with Crippen LogP contribution in [0.3, 0.4) is 0 Å². The molecule has 0 saturated heterocycles. The molecule has 2 aromatic carbocycles. The third kappa shape index (κ3) is 4.58. The van der Waals surface area contributed by atoms with Crippen molar-refractivity contribution in [1.82, 2.24) is 5.32 Å². The monoisotopic (exact) mass is 347 g/mol. The van der Waals surface area contributed by atoms with Gasteiger partial charge in [-0.2, -0.15) is 0 Å². The number of benzene rings is 2. The van der Waals surface area contributed by atoms with Gasteiger partial charge in [0, 0.05) is 22.7 Å². The van der Waals surface area contributed by atoms with Gasteiger partial charge < -0.3 is 16.4 Å². The number of hydrogen-bond donors (Lipinski definition) is 3. The van der Waals surface area contributed by atoms with Gasteiger partial charge in [0.1, 0.15) is 0 Å². The highest BCUT2D eigenvalue weighted by atomic mass is 79.9. The topological polar surface area (TPSA) is 67.2 Å². The molecule has 0 aromatic heterocycles. The number of urea groups is 1. The second-order valence-corrected chi connectivity index (χ2v) is 5.66. The van der Waals surface area contributed by atoms with Gasteiger partial charge >= 0.3 is 6.03 Å². The lowest BCUT2D eigenvalue weighted by molar-refractivity contribution is 0.259. The molecule has 0 fully saturated rings. The SMILES string of the molecule is CC(NCc1ccccc1Br)c1ccc(NC(N)=O)cc1. The van der Waals surface area contributed by atoms with E-state index in [0.717, 1.165) is 16.6 Å². The van der Waals surface area contributed by atoms with Gasteiger partial charge in [0.2, 0.25) is 0 Å². The molecule has 0 aliphatic heterocycles. The summed E-state index contributed by atoms with van der Waals surface area (Å²) in [6.45, 7) is 2.89. The van der Waals surface area contributed by atoms with E-state index in [4.69, 9.17) is 5.73 Å². The fourth-order valence-corrected chi connectivity index (χ4v) is 2.45. The smallest absolute Gasteiger partial charge is 0.316 e. The molecule has 0 aliphatic rings. The van der Waals surface area contributed by atoms with Gasteiger partial charge in [-0.25, -0.2) is 4.79 Å². The highest BCUT2D eigenvalue weighted by molar-refractivity contribution is 9.10. The maximum absolute atomic E-state index is 10.8. The maximum Gasteiger partial charge on any atom is 0.316 e. The number of rotatable bonds is 5. The molecule has 0 radical (unpaired) electrons. The van der Waals surface area contributed by atoms with Crippen molar-refractivity contribution in [1.29, 1.82) is 0 Å². The molecule has 110 valence electrons. The van der Waals surface area contributed by atoms with Crippen molar-refractivity contribution in [3.05, 3.63) is 64.1 Å². The Hall–Kier alpha value is -1.85. The summed E-state index contributed by atoms with van der Waals surface area (Å²) in [7, 11) is 0. The summed E-state index contributed by atoms with van der Waals surface area (Å²) in [5, 5.41) is 6.02. The van der Waals surface area contributed by atoms with Crippen LogP contribution >= 0.6 is 15.9 Å². The molecule has 21 heavy (non-hydrogen) atoms. The Morgan fingerprint density at radius 3 is 2.48 bits per heavy atom. The van der Waals surface area contributed by atoms with Crippen LogP contribution in [0.25, 0.3) is 0 Å². The van der Waals surface area contributed by atoms with Crippen LogP contribution in [0.4, 0.5) is 10.5 Å².